The van der Waals surface area contributed by atoms with Gasteiger partial charge in [0.25, 0.3) is 5.91 Å². The van der Waals surface area contributed by atoms with Crippen molar-refractivity contribution < 1.29 is 19.1 Å². The Morgan fingerprint density at radius 3 is 1.88 bits per heavy atom. The molecule has 1 saturated carbocycles. The van der Waals surface area contributed by atoms with Crippen molar-refractivity contribution in [3.05, 3.63) is 89.5 Å². The largest absolute Gasteiger partial charge is 0.490 e. The first-order valence-corrected chi connectivity index (χ1v) is 10.8. The van der Waals surface area contributed by atoms with E-state index < -0.39 is 5.91 Å². The molecule has 1 aliphatic carbocycles. The fraction of sp³-hybridized carbons (Fsp3) is 0.231. The number of amides is 2. The number of hydrogen-bond acceptors (Lipinski definition) is 4. The topological polar surface area (TPSA) is 90.7 Å². The van der Waals surface area contributed by atoms with E-state index in [2.05, 4.69) is 5.32 Å². The standard InChI is InChI=1S/C26H26N2O4/c27-25(29)19-7-13-23(14-8-19)32-24-15-9-20(10-16-24)26(30)28-17-18-5-11-22(12-6-18)31-21-3-1-2-4-21/h5-16,21H,1-4,17H2,(H2,27,29)(H,28,30). The Kier molecular flexibility index (Phi) is 6.70. The summed E-state index contributed by atoms with van der Waals surface area (Å²) in [5, 5.41) is 2.93. The van der Waals surface area contributed by atoms with Gasteiger partial charge in [-0.1, -0.05) is 12.1 Å². The molecule has 0 aliphatic heterocycles. The highest BCUT2D eigenvalue weighted by Gasteiger charge is 2.16. The van der Waals surface area contributed by atoms with Crippen LogP contribution in [0.4, 0.5) is 0 Å². The maximum absolute atomic E-state index is 12.5. The van der Waals surface area contributed by atoms with Crippen molar-refractivity contribution in [2.75, 3.05) is 0 Å². The van der Waals surface area contributed by atoms with Crippen molar-refractivity contribution in [1.82, 2.24) is 5.32 Å². The molecule has 3 N–H and O–H groups in total. The van der Waals surface area contributed by atoms with Crippen LogP contribution in [-0.2, 0) is 6.54 Å². The maximum atomic E-state index is 12.5. The fourth-order valence-corrected chi connectivity index (χ4v) is 3.67. The molecule has 0 unspecified atom stereocenters. The number of carbonyl (C=O) groups excluding carboxylic acids is 2. The van der Waals surface area contributed by atoms with E-state index in [9.17, 15) is 9.59 Å². The van der Waals surface area contributed by atoms with Gasteiger partial charge in [0.2, 0.25) is 5.91 Å². The average Bonchev–Trinajstić information content (AvgIpc) is 3.32. The van der Waals surface area contributed by atoms with E-state index in [1.54, 1.807) is 48.5 Å². The van der Waals surface area contributed by atoms with Gasteiger partial charge in [-0.25, -0.2) is 0 Å². The molecular formula is C26H26N2O4. The van der Waals surface area contributed by atoms with Gasteiger partial charge in [-0.05, 0) is 91.9 Å². The monoisotopic (exact) mass is 430 g/mol. The zero-order valence-electron chi connectivity index (χ0n) is 17.8. The minimum Gasteiger partial charge on any atom is -0.490 e. The van der Waals surface area contributed by atoms with Gasteiger partial charge >= 0.3 is 0 Å². The Hall–Kier alpha value is -3.80. The molecular weight excluding hydrogens is 404 g/mol. The number of hydrogen-bond donors (Lipinski definition) is 2. The Labute approximate surface area is 187 Å². The number of nitrogens with two attached hydrogens (primary N) is 1. The van der Waals surface area contributed by atoms with Crippen molar-refractivity contribution in [2.45, 2.75) is 38.3 Å². The minimum absolute atomic E-state index is 0.159. The highest BCUT2D eigenvalue weighted by molar-refractivity contribution is 5.94. The van der Waals surface area contributed by atoms with Gasteiger partial charge in [-0.3, -0.25) is 9.59 Å². The molecule has 1 fully saturated rings. The number of benzene rings is 3. The van der Waals surface area contributed by atoms with Crippen LogP contribution in [0.1, 0.15) is 52.0 Å². The Balaban J connectivity index is 1.27. The zero-order chi connectivity index (χ0) is 22.3. The van der Waals surface area contributed by atoms with Gasteiger partial charge in [0, 0.05) is 17.7 Å². The van der Waals surface area contributed by atoms with Crippen LogP contribution < -0.4 is 20.5 Å². The lowest BCUT2D eigenvalue weighted by atomic mass is 10.1. The zero-order valence-corrected chi connectivity index (χ0v) is 17.8. The van der Waals surface area contributed by atoms with Crippen LogP contribution in [-0.4, -0.2) is 17.9 Å². The number of carbonyl (C=O) groups is 2. The Morgan fingerprint density at radius 2 is 1.31 bits per heavy atom. The lowest BCUT2D eigenvalue weighted by Crippen LogP contribution is -2.22. The molecule has 6 nitrogen and oxygen atoms in total. The summed E-state index contributed by atoms with van der Waals surface area (Å²) < 4.78 is 11.7. The van der Waals surface area contributed by atoms with Crippen molar-refractivity contribution in [3.63, 3.8) is 0 Å². The normalized spacial score (nSPS) is 13.5. The Morgan fingerprint density at radius 1 is 0.781 bits per heavy atom. The van der Waals surface area contributed by atoms with E-state index in [1.807, 2.05) is 24.3 Å². The Bertz CT molecular complexity index is 1050. The molecule has 1 aliphatic rings. The second-order valence-electron chi connectivity index (χ2n) is 7.87. The van der Waals surface area contributed by atoms with Gasteiger partial charge in [0.05, 0.1) is 6.10 Å². The second-order valence-corrected chi connectivity index (χ2v) is 7.87. The molecule has 6 heteroatoms. The highest BCUT2D eigenvalue weighted by Crippen LogP contribution is 2.24. The van der Waals surface area contributed by atoms with Gasteiger partial charge in [0.15, 0.2) is 0 Å². The van der Waals surface area contributed by atoms with Crippen LogP contribution in [0.5, 0.6) is 17.2 Å². The summed E-state index contributed by atoms with van der Waals surface area (Å²) in [6.07, 6.45) is 5.08. The summed E-state index contributed by atoms with van der Waals surface area (Å²) >= 11 is 0. The number of nitrogens with one attached hydrogen (secondary N) is 1. The second kappa shape index (κ2) is 10.0. The van der Waals surface area contributed by atoms with Crippen LogP contribution >= 0.6 is 0 Å². The molecule has 3 aromatic carbocycles. The first-order chi connectivity index (χ1) is 15.6. The van der Waals surface area contributed by atoms with Gasteiger partial charge in [-0.15, -0.1) is 0 Å². The van der Waals surface area contributed by atoms with E-state index in [0.29, 0.717) is 35.3 Å². The van der Waals surface area contributed by atoms with Crippen molar-refractivity contribution in [1.29, 1.82) is 0 Å². The lowest BCUT2D eigenvalue weighted by molar-refractivity contribution is 0.0949. The van der Waals surface area contributed by atoms with Gasteiger partial charge < -0.3 is 20.5 Å². The molecule has 3 aromatic rings. The third kappa shape index (κ3) is 5.66. The average molecular weight is 431 g/mol. The smallest absolute Gasteiger partial charge is 0.251 e. The molecule has 0 aromatic heterocycles. The van der Waals surface area contributed by atoms with E-state index in [-0.39, 0.29) is 5.91 Å². The lowest BCUT2D eigenvalue weighted by Gasteiger charge is -2.13. The molecule has 0 bridgehead atoms. The molecule has 164 valence electrons. The van der Waals surface area contributed by atoms with Crippen molar-refractivity contribution in [3.8, 4) is 17.2 Å². The van der Waals surface area contributed by atoms with E-state index in [0.717, 1.165) is 24.2 Å². The quantitative estimate of drug-likeness (QED) is 0.536. The van der Waals surface area contributed by atoms with Crippen molar-refractivity contribution in [2.24, 2.45) is 5.73 Å². The summed E-state index contributed by atoms with van der Waals surface area (Å²) in [7, 11) is 0. The predicted octanol–water partition coefficient (Wildman–Crippen LogP) is 4.83. The summed E-state index contributed by atoms with van der Waals surface area (Å²) in [4.78, 5) is 23.6. The number of ether oxygens (including phenoxy) is 2. The third-order valence-corrected chi connectivity index (χ3v) is 5.47. The number of rotatable bonds is 8. The molecule has 0 heterocycles. The summed E-state index contributed by atoms with van der Waals surface area (Å²) in [6.45, 7) is 0.438. The van der Waals surface area contributed by atoms with E-state index in [4.69, 9.17) is 15.2 Å². The minimum atomic E-state index is -0.486. The van der Waals surface area contributed by atoms with E-state index in [1.165, 1.54) is 12.8 Å². The first-order valence-electron chi connectivity index (χ1n) is 10.8. The highest BCUT2D eigenvalue weighted by atomic mass is 16.5. The molecule has 4 rings (SSSR count). The molecule has 0 atom stereocenters. The van der Waals surface area contributed by atoms with E-state index >= 15 is 0 Å². The first kappa shape index (κ1) is 21.4. The van der Waals surface area contributed by atoms with Crippen LogP contribution in [0.25, 0.3) is 0 Å². The third-order valence-electron chi connectivity index (χ3n) is 5.47. The summed E-state index contributed by atoms with van der Waals surface area (Å²) in [6, 6.07) is 21.3. The summed E-state index contributed by atoms with van der Waals surface area (Å²) in [5.74, 6) is 1.40. The molecule has 32 heavy (non-hydrogen) atoms. The predicted molar refractivity (Wildman–Crippen MR) is 122 cm³/mol. The molecule has 0 spiro atoms. The van der Waals surface area contributed by atoms with Crippen LogP contribution in [0.3, 0.4) is 0 Å². The van der Waals surface area contributed by atoms with Crippen LogP contribution in [0, 0.1) is 0 Å². The molecule has 0 radical (unpaired) electrons. The SMILES string of the molecule is NC(=O)c1ccc(Oc2ccc(C(=O)NCc3ccc(OC4CCCC4)cc3)cc2)cc1. The fourth-order valence-electron chi connectivity index (χ4n) is 3.67. The maximum Gasteiger partial charge on any atom is 0.251 e. The van der Waals surface area contributed by atoms with Gasteiger partial charge in [-0.2, -0.15) is 0 Å². The van der Waals surface area contributed by atoms with Crippen molar-refractivity contribution >= 4 is 11.8 Å². The molecule has 2 amide bonds. The van der Waals surface area contributed by atoms with Gasteiger partial charge in [0.1, 0.15) is 17.2 Å². The molecule has 0 saturated heterocycles. The van der Waals surface area contributed by atoms with Crippen LogP contribution in [0.2, 0.25) is 0 Å². The number of primary amides is 1. The summed E-state index contributed by atoms with van der Waals surface area (Å²) in [5.41, 5.74) is 7.21. The van der Waals surface area contributed by atoms with Crippen LogP contribution in [0.15, 0.2) is 72.8 Å².